The fourth-order valence-electron chi connectivity index (χ4n) is 2.11. The first kappa shape index (κ1) is 13.8. The summed E-state index contributed by atoms with van der Waals surface area (Å²) in [5, 5.41) is 9.60. The number of Topliss-reactive ketones (excluding diaryl/α,β-unsaturated/α-hetero) is 1. The molecule has 0 bridgehead atoms. The van der Waals surface area contributed by atoms with Gasteiger partial charge in [0.1, 0.15) is 0 Å². The monoisotopic (exact) mass is 323 g/mol. The molecular formula is C14H14BrNO3. The van der Waals surface area contributed by atoms with Gasteiger partial charge in [-0.2, -0.15) is 0 Å². The standard InChI is InChI=1S/C14H14BrNO3/c1-8-3-4-9-10(7-16(2)12(9)5-8)14(19)11(15)6-13(17)18/h3-5,7,11H,6H2,1-2H3,(H,17,18). The van der Waals surface area contributed by atoms with Crippen molar-refractivity contribution in [2.24, 2.45) is 7.05 Å². The predicted molar refractivity (Wildman–Crippen MR) is 77.0 cm³/mol. The zero-order chi connectivity index (χ0) is 14.2. The summed E-state index contributed by atoms with van der Waals surface area (Å²) in [7, 11) is 1.87. The summed E-state index contributed by atoms with van der Waals surface area (Å²) in [5.74, 6) is -1.19. The third kappa shape index (κ3) is 2.71. The first-order chi connectivity index (χ1) is 8.90. The second kappa shape index (κ2) is 5.17. The Kier molecular flexibility index (Phi) is 3.75. The first-order valence-electron chi connectivity index (χ1n) is 5.86. The number of fused-ring (bicyclic) bond motifs is 1. The molecule has 1 aromatic heterocycles. The van der Waals surface area contributed by atoms with Crippen LogP contribution in [-0.2, 0) is 11.8 Å². The number of hydrogen-bond acceptors (Lipinski definition) is 2. The molecular weight excluding hydrogens is 310 g/mol. The number of carbonyl (C=O) groups excluding carboxylic acids is 1. The molecule has 1 N–H and O–H groups in total. The fourth-order valence-corrected chi connectivity index (χ4v) is 2.63. The van der Waals surface area contributed by atoms with Gasteiger partial charge in [-0.15, -0.1) is 0 Å². The molecule has 0 aliphatic heterocycles. The highest BCUT2D eigenvalue weighted by molar-refractivity contribution is 9.10. The number of halogens is 1. The zero-order valence-corrected chi connectivity index (χ0v) is 12.3. The van der Waals surface area contributed by atoms with E-state index in [2.05, 4.69) is 15.9 Å². The number of hydrogen-bond donors (Lipinski definition) is 1. The second-order valence-electron chi connectivity index (χ2n) is 4.60. The molecule has 0 aliphatic rings. The summed E-state index contributed by atoms with van der Waals surface area (Å²) < 4.78 is 1.88. The molecule has 1 atom stereocenters. The van der Waals surface area contributed by atoms with Crippen molar-refractivity contribution in [3.8, 4) is 0 Å². The maximum absolute atomic E-state index is 12.3. The molecule has 0 aliphatic carbocycles. The molecule has 0 fully saturated rings. The Bertz CT molecular complexity index is 660. The van der Waals surface area contributed by atoms with Gasteiger partial charge in [-0.3, -0.25) is 9.59 Å². The van der Waals surface area contributed by atoms with E-state index in [-0.39, 0.29) is 12.2 Å². The Morgan fingerprint density at radius 3 is 2.74 bits per heavy atom. The number of aliphatic carboxylic acids is 1. The Morgan fingerprint density at radius 1 is 1.42 bits per heavy atom. The Morgan fingerprint density at radius 2 is 2.11 bits per heavy atom. The molecule has 0 radical (unpaired) electrons. The molecule has 5 heteroatoms. The van der Waals surface area contributed by atoms with Crippen LogP contribution in [0.15, 0.2) is 24.4 Å². The van der Waals surface area contributed by atoms with E-state index < -0.39 is 10.8 Å². The molecule has 0 amide bonds. The number of rotatable bonds is 4. The molecule has 1 aromatic carbocycles. The average molecular weight is 324 g/mol. The molecule has 0 saturated carbocycles. The topological polar surface area (TPSA) is 59.3 Å². The van der Waals surface area contributed by atoms with Crippen molar-refractivity contribution in [2.45, 2.75) is 18.2 Å². The minimum absolute atomic E-state index is 0.197. The SMILES string of the molecule is Cc1ccc2c(C(=O)C(Br)CC(=O)O)cn(C)c2c1. The van der Waals surface area contributed by atoms with Crippen molar-refractivity contribution in [2.75, 3.05) is 0 Å². The van der Waals surface area contributed by atoms with Gasteiger partial charge >= 0.3 is 5.97 Å². The fraction of sp³-hybridized carbons (Fsp3) is 0.286. The number of ketones is 1. The van der Waals surface area contributed by atoms with E-state index in [9.17, 15) is 9.59 Å². The second-order valence-corrected chi connectivity index (χ2v) is 5.71. The van der Waals surface area contributed by atoms with E-state index in [0.29, 0.717) is 5.56 Å². The zero-order valence-electron chi connectivity index (χ0n) is 10.7. The van der Waals surface area contributed by atoms with Crippen LogP contribution in [0.1, 0.15) is 22.3 Å². The number of benzene rings is 1. The lowest BCUT2D eigenvalue weighted by Gasteiger charge is -2.04. The third-order valence-corrected chi connectivity index (χ3v) is 3.79. The van der Waals surface area contributed by atoms with Crippen LogP contribution in [0, 0.1) is 6.92 Å². The number of aromatic nitrogens is 1. The number of nitrogens with zero attached hydrogens (tertiary/aromatic N) is 1. The first-order valence-corrected chi connectivity index (χ1v) is 6.77. The maximum Gasteiger partial charge on any atom is 0.304 e. The van der Waals surface area contributed by atoms with Gasteiger partial charge in [-0.05, 0) is 18.6 Å². The van der Waals surface area contributed by atoms with Crippen LogP contribution in [-0.4, -0.2) is 26.3 Å². The molecule has 2 rings (SSSR count). The molecule has 2 aromatic rings. The van der Waals surface area contributed by atoms with Crippen molar-refractivity contribution >= 4 is 38.6 Å². The Balaban J connectivity index is 2.46. The van der Waals surface area contributed by atoms with Gasteiger partial charge < -0.3 is 9.67 Å². The van der Waals surface area contributed by atoms with Crippen LogP contribution >= 0.6 is 15.9 Å². The molecule has 100 valence electrons. The quantitative estimate of drug-likeness (QED) is 0.695. The summed E-state index contributed by atoms with van der Waals surface area (Å²) in [6.07, 6.45) is 1.53. The molecule has 0 saturated heterocycles. The number of aryl methyl sites for hydroxylation is 2. The van der Waals surface area contributed by atoms with E-state index in [4.69, 9.17) is 5.11 Å². The van der Waals surface area contributed by atoms with Crippen molar-refractivity contribution in [1.82, 2.24) is 4.57 Å². The van der Waals surface area contributed by atoms with Crippen LogP contribution < -0.4 is 0 Å². The molecule has 1 unspecified atom stereocenters. The summed E-state index contributed by atoms with van der Waals surface area (Å²) >= 11 is 3.15. The number of carbonyl (C=O) groups is 2. The highest BCUT2D eigenvalue weighted by Gasteiger charge is 2.23. The molecule has 4 nitrogen and oxygen atoms in total. The van der Waals surface area contributed by atoms with Crippen LogP contribution in [0.5, 0.6) is 0 Å². The summed E-state index contributed by atoms with van der Waals surface area (Å²) in [4.78, 5) is 22.2. The Labute approximate surface area is 119 Å². The number of alkyl halides is 1. The lowest BCUT2D eigenvalue weighted by atomic mass is 10.0. The van der Waals surface area contributed by atoms with Crippen molar-refractivity contribution in [1.29, 1.82) is 0 Å². The van der Waals surface area contributed by atoms with E-state index >= 15 is 0 Å². The van der Waals surface area contributed by atoms with E-state index in [1.165, 1.54) is 0 Å². The van der Waals surface area contributed by atoms with E-state index in [0.717, 1.165) is 16.5 Å². The maximum atomic E-state index is 12.3. The van der Waals surface area contributed by atoms with Crippen molar-refractivity contribution in [3.63, 3.8) is 0 Å². The number of carboxylic acid groups (broad SMARTS) is 1. The van der Waals surface area contributed by atoms with Gasteiger partial charge in [0.15, 0.2) is 5.78 Å². The number of carboxylic acids is 1. The summed E-state index contributed by atoms with van der Waals surface area (Å²) in [5.41, 5.74) is 2.65. The predicted octanol–water partition coefficient (Wildman–Crippen LogP) is 2.91. The minimum Gasteiger partial charge on any atom is -0.481 e. The van der Waals surface area contributed by atoms with Gasteiger partial charge in [-0.1, -0.05) is 28.1 Å². The van der Waals surface area contributed by atoms with Crippen LogP contribution in [0.25, 0.3) is 10.9 Å². The average Bonchev–Trinajstić information content (AvgIpc) is 2.65. The van der Waals surface area contributed by atoms with Crippen molar-refractivity contribution < 1.29 is 14.7 Å². The lowest BCUT2D eigenvalue weighted by Crippen LogP contribution is -2.17. The lowest BCUT2D eigenvalue weighted by molar-refractivity contribution is -0.136. The minimum atomic E-state index is -0.994. The van der Waals surface area contributed by atoms with E-state index in [1.807, 2.05) is 36.7 Å². The van der Waals surface area contributed by atoms with Gasteiger partial charge in [0.25, 0.3) is 0 Å². The van der Waals surface area contributed by atoms with Gasteiger partial charge in [-0.25, -0.2) is 0 Å². The van der Waals surface area contributed by atoms with E-state index in [1.54, 1.807) is 6.20 Å². The smallest absolute Gasteiger partial charge is 0.304 e. The molecule has 0 spiro atoms. The normalized spacial score (nSPS) is 12.6. The van der Waals surface area contributed by atoms with Crippen LogP contribution in [0.3, 0.4) is 0 Å². The Hall–Kier alpha value is -1.62. The summed E-state index contributed by atoms with van der Waals surface area (Å²) in [6.45, 7) is 1.99. The third-order valence-electron chi connectivity index (χ3n) is 3.05. The van der Waals surface area contributed by atoms with Gasteiger partial charge in [0.05, 0.1) is 11.2 Å². The van der Waals surface area contributed by atoms with Crippen LogP contribution in [0.2, 0.25) is 0 Å². The van der Waals surface area contributed by atoms with Gasteiger partial charge in [0, 0.05) is 29.7 Å². The van der Waals surface area contributed by atoms with Crippen LogP contribution in [0.4, 0.5) is 0 Å². The largest absolute Gasteiger partial charge is 0.481 e. The molecule has 1 heterocycles. The summed E-state index contributed by atoms with van der Waals surface area (Å²) in [6, 6.07) is 5.85. The molecule has 19 heavy (non-hydrogen) atoms. The van der Waals surface area contributed by atoms with Gasteiger partial charge in [0.2, 0.25) is 0 Å². The van der Waals surface area contributed by atoms with Crippen molar-refractivity contribution in [3.05, 3.63) is 35.5 Å². The highest BCUT2D eigenvalue weighted by Crippen LogP contribution is 2.25. The highest BCUT2D eigenvalue weighted by atomic mass is 79.9.